The molecule has 1 atom stereocenters. The van der Waals surface area contributed by atoms with E-state index in [1.54, 1.807) is 4.90 Å². The summed E-state index contributed by atoms with van der Waals surface area (Å²) in [6, 6.07) is 18.5. The van der Waals surface area contributed by atoms with Crippen LogP contribution in [0.2, 0.25) is 0 Å². The molecule has 0 N–H and O–H groups in total. The molecule has 0 spiro atoms. The van der Waals surface area contributed by atoms with Crippen LogP contribution in [-0.2, 0) is 11.3 Å². The largest absolute Gasteiger partial charge is 0.311 e. The van der Waals surface area contributed by atoms with Gasteiger partial charge in [0.1, 0.15) is 0 Å². The molecular weight excluding hydrogens is 456 g/mol. The maximum Gasteiger partial charge on any atom is 0.237 e. The number of benzene rings is 2. The lowest BCUT2D eigenvalue weighted by molar-refractivity contribution is -0.116. The molecule has 0 aliphatic carbocycles. The number of aromatic nitrogens is 3. The number of nitrogens with zero attached hydrogens (tertiary/aromatic N) is 6. The minimum Gasteiger partial charge on any atom is -0.311 e. The van der Waals surface area contributed by atoms with E-state index in [9.17, 15) is 4.79 Å². The Bertz CT molecular complexity index is 1170. The fourth-order valence-corrected chi connectivity index (χ4v) is 4.82. The third-order valence-corrected chi connectivity index (χ3v) is 7.06. The summed E-state index contributed by atoms with van der Waals surface area (Å²) in [5.74, 6) is 1.06. The Labute approximate surface area is 212 Å². The van der Waals surface area contributed by atoms with E-state index < -0.39 is 0 Å². The summed E-state index contributed by atoms with van der Waals surface area (Å²) in [5.41, 5.74) is 4.26. The zero-order valence-corrected chi connectivity index (χ0v) is 22.0. The summed E-state index contributed by atoms with van der Waals surface area (Å²) >= 11 is 1.40. The quantitative estimate of drug-likeness (QED) is 0.352. The molecule has 184 valence electrons. The number of rotatable bonds is 11. The molecule has 1 aromatic heterocycles. The Morgan fingerprint density at radius 1 is 1.11 bits per heavy atom. The third kappa shape index (κ3) is 6.71. The van der Waals surface area contributed by atoms with Crippen molar-refractivity contribution in [1.29, 1.82) is 5.26 Å². The molecule has 0 bridgehead atoms. The van der Waals surface area contributed by atoms with Gasteiger partial charge in [0.15, 0.2) is 11.0 Å². The molecule has 1 unspecified atom stereocenters. The number of nitriles is 1. The normalized spacial score (nSPS) is 11.9. The molecule has 0 aliphatic rings. The molecule has 3 rings (SSSR count). The second kappa shape index (κ2) is 12.5. The van der Waals surface area contributed by atoms with Crippen molar-refractivity contribution in [1.82, 2.24) is 19.7 Å². The van der Waals surface area contributed by atoms with Gasteiger partial charge in [-0.05, 0) is 63.2 Å². The van der Waals surface area contributed by atoms with Crippen molar-refractivity contribution in [2.24, 2.45) is 0 Å². The molecule has 1 amide bonds. The van der Waals surface area contributed by atoms with Crippen LogP contribution in [-0.4, -0.2) is 52.0 Å². The van der Waals surface area contributed by atoms with E-state index in [-0.39, 0.29) is 24.1 Å². The van der Waals surface area contributed by atoms with Gasteiger partial charge in [-0.2, -0.15) is 5.26 Å². The standard InChI is InChI=1S/C27H34N6OS/c1-6-24(31(4)5)26-29-30-27(33(26)18-22-11-8-7-9-12-22)35-19-25(34)32(16-10-15-28)23-14-13-20(2)21(3)17-23/h7-9,11-14,17,24H,6,10,16,18-19H2,1-5H3. The molecule has 0 saturated heterocycles. The lowest BCUT2D eigenvalue weighted by atomic mass is 10.1. The summed E-state index contributed by atoms with van der Waals surface area (Å²) < 4.78 is 2.12. The first-order valence-electron chi connectivity index (χ1n) is 11.9. The van der Waals surface area contributed by atoms with E-state index in [0.29, 0.717) is 13.1 Å². The van der Waals surface area contributed by atoms with E-state index in [1.807, 2.05) is 64.3 Å². The first kappa shape index (κ1) is 26.5. The van der Waals surface area contributed by atoms with E-state index in [2.05, 4.69) is 44.8 Å². The fourth-order valence-electron chi connectivity index (χ4n) is 4.00. The molecule has 1 heterocycles. The number of carbonyl (C=O) groups is 1. The molecule has 0 radical (unpaired) electrons. The third-order valence-electron chi connectivity index (χ3n) is 6.11. The summed E-state index contributed by atoms with van der Waals surface area (Å²) in [4.78, 5) is 17.2. The highest BCUT2D eigenvalue weighted by Crippen LogP contribution is 2.27. The van der Waals surface area contributed by atoms with Gasteiger partial charge in [-0.1, -0.05) is 55.1 Å². The second-order valence-corrected chi connectivity index (χ2v) is 9.75. The Hall–Kier alpha value is -3.15. The van der Waals surface area contributed by atoms with Crippen LogP contribution in [0.4, 0.5) is 5.69 Å². The Morgan fingerprint density at radius 2 is 1.86 bits per heavy atom. The second-order valence-electron chi connectivity index (χ2n) is 8.81. The molecule has 35 heavy (non-hydrogen) atoms. The number of amides is 1. The van der Waals surface area contributed by atoms with Gasteiger partial charge in [-0.3, -0.25) is 9.69 Å². The van der Waals surface area contributed by atoms with Crippen LogP contribution in [0.1, 0.15) is 48.3 Å². The van der Waals surface area contributed by atoms with E-state index in [1.165, 1.54) is 17.3 Å². The minimum absolute atomic E-state index is 0.0519. The molecular formula is C27H34N6OS. The average molecular weight is 491 g/mol. The van der Waals surface area contributed by atoms with Crippen LogP contribution in [0.15, 0.2) is 53.7 Å². The smallest absolute Gasteiger partial charge is 0.237 e. The molecule has 2 aromatic carbocycles. The zero-order chi connectivity index (χ0) is 25.4. The van der Waals surface area contributed by atoms with Gasteiger partial charge < -0.3 is 9.47 Å². The van der Waals surface area contributed by atoms with Gasteiger partial charge in [0, 0.05) is 12.2 Å². The number of hydrogen-bond acceptors (Lipinski definition) is 6. The maximum absolute atomic E-state index is 13.3. The highest BCUT2D eigenvalue weighted by atomic mass is 32.2. The highest BCUT2D eigenvalue weighted by molar-refractivity contribution is 7.99. The molecule has 3 aromatic rings. The highest BCUT2D eigenvalue weighted by Gasteiger charge is 2.24. The Kier molecular flexibility index (Phi) is 9.47. The van der Waals surface area contributed by atoms with E-state index in [0.717, 1.165) is 34.2 Å². The van der Waals surface area contributed by atoms with Gasteiger partial charge in [0.25, 0.3) is 0 Å². The van der Waals surface area contributed by atoms with Gasteiger partial charge in [-0.25, -0.2) is 0 Å². The predicted molar refractivity (Wildman–Crippen MR) is 142 cm³/mol. The van der Waals surface area contributed by atoms with Gasteiger partial charge in [0.05, 0.1) is 30.8 Å². The summed E-state index contributed by atoms with van der Waals surface area (Å²) in [7, 11) is 4.09. The molecule has 8 heteroatoms. The molecule has 0 aliphatic heterocycles. The van der Waals surface area contributed by atoms with Crippen molar-refractivity contribution in [2.45, 2.75) is 51.4 Å². The van der Waals surface area contributed by atoms with Crippen molar-refractivity contribution >= 4 is 23.4 Å². The number of aryl methyl sites for hydroxylation is 2. The number of hydrogen-bond donors (Lipinski definition) is 0. The first-order valence-corrected chi connectivity index (χ1v) is 12.8. The minimum atomic E-state index is -0.0519. The average Bonchev–Trinajstić information content (AvgIpc) is 3.23. The van der Waals surface area contributed by atoms with Crippen molar-refractivity contribution < 1.29 is 4.79 Å². The SMILES string of the molecule is CCC(c1nnc(SCC(=O)N(CCC#N)c2ccc(C)c(C)c2)n1Cc1ccccc1)N(C)C. The summed E-state index contributed by atoms with van der Waals surface area (Å²) in [6.07, 6.45) is 1.18. The van der Waals surface area contributed by atoms with Crippen LogP contribution < -0.4 is 4.90 Å². The summed E-state index contributed by atoms with van der Waals surface area (Å²) in [5, 5.41) is 18.9. The maximum atomic E-state index is 13.3. The molecule has 0 saturated carbocycles. The Balaban J connectivity index is 1.86. The van der Waals surface area contributed by atoms with Crippen molar-refractivity contribution in [2.75, 3.05) is 31.3 Å². The fraction of sp³-hybridized carbons (Fsp3) is 0.407. The van der Waals surface area contributed by atoms with Crippen LogP contribution in [0.25, 0.3) is 0 Å². The van der Waals surface area contributed by atoms with Gasteiger partial charge >= 0.3 is 0 Å². The van der Waals surface area contributed by atoms with Crippen molar-refractivity contribution in [3.63, 3.8) is 0 Å². The molecule has 0 fully saturated rings. The summed E-state index contributed by atoms with van der Waals surface area (Å²) in [6.45, 7) is 7.21. The van der Waals surface area contributed by atoms with Crippen LogP contribution in [0.5, 0.6) is 0 Å². The Morgan fingerprint density at radius 3 is 2.49 bits per heavy atom. The predicted octanol–water partition coefficient (Wildman–Crippen LogP) is 4.99. The number of anilines is 1. The zero-order valence-electron chi connectivity index (χ0n) is 21.2. The van der Waals surface area contributed by atoms with E-state index in [4.69, 9.17) is 5.26 Å². The lowest BCUT2D eigenvalue weighted by Gasteiger charge is -2.24. The van der Waals surface area contributed by atoms with Crippen LogP contribution in [0.3, 0.4) is 0 Å². The molecule has 7 nitrogen and oxygen atoms in total. The monoisotopic (exact) mass is 490 g/mol. The topological polar surface area (TPSA) is 78.0 Å². The van der Waals surface area contributed by atoms with Crippen molar-refractivity contribution in [3.8, 4) is 6.07 Å². The van der Waals surface area contributed by atoms with Gasteiger partial charge in [0.2, 0.25) is 5.91 Å². The number of carbonyl (C=O) groups excluding carboxylic acids is 1. The van der Waals surface area contributed by atoms with Crippen molar-refractivity contribution in [3.05, 3.63) is 71.0 Å². The number of thioether (sulfide) groups is 1. The lowest BCUT2D eigenvalue weighted by Crippen LogP contribution is -2.33. The van der Waals surface area contributed by atoms with Crippen LogP contribution in [0, 0.1) is 25.2 Å². The van der Waals surface area contributed by atoms with Crippen LogP contribution >= 0.6 is 11.8 Å². The van der Waals surface area contributed by atoms with E-state index >= 15 is 0 Å². The first-order chi connectivity index (χ1) is 16.8. The van der Waals surface area contributed by atoms with Gasteiger partial charge in [-0.15, -0.1) is 10.2 Å².